The minimum atomic E-state index is -0.120. The minimum Gasteiger partial charge on any atom is -0.372 e. The van der Waals surface area contributed by atoms with E-state index < -0.39 is 0 Å². The fraction of sp³-hybridized carbons (Fsp3) is 0.600. The maximum Gasteiger partial charge on any atom is 0.126 e. The number of halogens is 1. The minimum absolute atomic E-state index is 0.120. The van der Waals surface area contributed by atoms with Crippen LogP contribution in [-0.4, -0.2) is 19.6 Å². The predicted molar refractivity (Wildman–Crippen MR) is 76.8 cm³/mol. The van der Waals surface area contributed by atoms with Crippen molar-refractivity contribution in [2.45, 2.75) is 40.7 Å². The Morgan fingerprint density at radius 1 is 1.22 bits per heavy atom. The molecule has 0 amide bonds. The Morgan fingerprint density at radius 2 is 1.83 bits per heavy atom. The van der Waals surface area contributed by atoms with E-state index in [-0.39, 0.29) is 11.9 Å². The summed E-state index contributed by atoms with van der Waals surface area (Å²) < 4.78 is 13.8. The first-order chi connectivity index (χ1) is 8.54. The summed E-state index contributed by atoms with van der Waals surface area (Å²) in [6.45, 7) is 13.0. The molecule has 0 fully saturated rings. The third-order valence-electron chi connectivity index (χ3n) is 3.39. The van der Waals surface area contributed by atoms with Crippen molar-refractivity contribution in [3.8, 4) is 0 Å². The second-order valence-corrected chi connectivity index (χ2v) is 4.61. The fourth-order valence-corrected chi connectivity index (χ4v) is 2.28. The van der Waals surface area contributed by atoms with Crippen LogP contribution in [0.1, 0.15) is 44.9 Å². The number of benzene rings is 1. The van der Waals surface area contributed by atoms with Crippen molar-refractivity contribution < 1.29 is 4.39 Å². The molecule has 0 saturated heterocycles. The summed E-state index contributed by atoms with van der Waals surface area (Å²) in [7, 11) is 0. The molecule has 0 spiro atoms. The van der Waals surface area contributed by atoms with Crippen LogP contribution in [0.2, 0.25) is 0 Å². The van der Waals surface area contributed by atoms with Crippen molar-refractivity contribution in [3.63, 3.8) is 0 Å². The van der Waals surface area contributed by atoms with Crippen molar-refractivity contribution in [1.29, 1.82) is 0 Å². The number of anilines is 1. The molecule has 0 bridgehead atoms. The number of nitrogens with one attached hydrogen (secondary N) is 1. The molecule has 1 N–H and O–H groups in total. The number of aryl methyl sites for hydroxylation is 1. The van der Waals surface area contributed by atoms with Gasteiger partial charge in [-0.1, -0.05) is 6.92 Å². The maximum atomic E-state index is 13.8. The molecule has 1 atom stereocenters. The number of hydrogen-bond acceptors (Lipinski definition) is 2. The van der Waals surface area contributed by atoms with Gasteiger partial charge in [0.2, 0.25) is 0 Å². The van der Waals surface area contributed by atoms with Crippen molar-refractivity contribution in [2.75, 3.05) is 24.5 Å². The van der Waals surface area contributed by atoms with E-state index in [0.717, 1.165) is 30.9 Å². The molecule has 0 aromatic heterocycles. The van der Waals surface area contributed by atoms with Gasteiger partial charge in [0.1, 0.15) is 5.82 Å². The van der Waals surface area contributed by atoms with Crippen LogP contribution in [-0.2, 0) is 0 Å². The molecule has 0 saturated carbocycles. The highest BCUT2D eigenvalue weighted by molar-refractivity contribution is 5.57. The lowest BCUT2D eigenvalue weighted by atomic mass is 10.0. The quantitative estimate of drug-likeness (QED) is 0.831. The lowest BCUT2D eigenvalue weighted by molar-refractivity contribution is 0.578. The van der Waals surface area contributed by atoms with Crippen molar-refractivity contribution in [2.24, 2.45) is 0 Å². The molecule has 0 heterocycles. The van der Waals surface area contributed by atoms with Gasteiger partial charge < -0.3 is 10.2 Å². The van der Waals surface area contributed by atoms with Gasteiger partial charge in [0.15, 0.2) is 0 Å². The van der Waals surface area contributed by atoms with Crippen LogP contribution in [0.15, 0.2) is 12.1 Å². The normalized spacial score (nSPS) is 12.6. The zero-order valence-electron chi connectivity index (χ0n) is 12.2. The molecule has 1 unspecified atom stereocenters. The molecule has 102 valence electrons. The van der Waals surface area contributed by atoms with Gasteiger partial charge in [0.05, 0.1) is 0 Å². The average molecular weight is 252 g/mol. The first kappa shape index (κ1) is 15.0. The summed E-state index contributed by atoms with van der Waals surface area (Å²) in [5, 5.41) is 3.36. The van der Waals surface area contributed by atoms with Crippen molar-refractivity contribution >= 4 is 5.69 Å². The SMILES string of the molecule is CCNC(C)c1cc(F)c(C)cc1N(CC)CC. The fourth-order valence-electron chi connectivity index (χ4n) is 2.28. The summed E-state index contributed by atoms with van der Waals surface area (Å²) in [5.41, 5.74) is 2.90. The summed E-state index contributed by atoms with van der Waals surface area (Å²) in [6.07, 6.45) is 0. The summed E-state index contributed by atoms with van der Waals surface area (Å²) in [5.74, 6) is -0.120. The second-order valence-electron chi connectivity index (χ2n) is 4.61. The first-order valence-corrected chi connectivity index (χ1v) is 6.83. The van der Waals surface area contributed by atoms with E-state index >= 15 is 0 Å². The zero-order valence-corrected chi connectivity index (χ0v) is 12.2. The highest BCUT2D eigenvalue weighted by Crippen LogP contribution is 2.29. The van der Waals surface area contributed by atoms with Crippen LogP contribution in [0.4, 0.5) is 10.1 Å². The van der Waals surface area contributed by atoms with Gasteiger partial charge in [-0.25, -0.2) is 4.39 Å². The van der Waals surface area contributed by atoms with Crippen LogP contribution >= 0.6 is 0 Å². The highest BCUT2D eigenvalue weighted by atomic mass is 19.1. The first-order valence-electron chi connectivity index (χ1n) is 6.83. The topological polar surface area (TPSA) is 15.3 Å². The van der Waals surface area contributed by atoms with Gasteiger partial charge in [0, 0.05) is 24.8 Å². The summed E-state index contributed by atoms with van der Waals surface area (Å²) in [6, 6.07) is 3.81. The van der Waals surface area contributed by atoms with Crippen molar-refractivity contribution in [1.82, 2.24) is 5.32 Å². The second kappa shape index (κ2) is 6.74. The highest BCUT2D eigenvalue weighted by Gasteiger charge is 2.16. The summed E-state index contributed by atoms with van der Waals surface area (Å²) in [4.78, 5) is 2.27. The molecule has 18 heavy (non-hydrogen) atoms. The molecule has 0 aliphatic rings. The molecule has 2 nitrogen and oxygen atoms in total. The summed E-state index contributed by atoms with van der Waals surface area (Å²) >= 11 is 0. The Labute approximate surface area is 110 Å². The smallest absolute Gasteiger partial charge is 0.126 e. The van der Waals surface area contributed by atoms with Crippen LogP contribution in [0.3, 0.4) is 0 Å². The average Bonchev–Trinajstić information content (AvgIpc) is 2.35. The maximum absolute atomic E-state index is 13.8. The molecular formula is C15H25FN2. The van der Waals surface area contributed by atoms with Gasteiger partial charge in [0.25, 0.3) is 0 Å². The van der Waals surface area contributed by atoms with Gasteiger partial charge >= 0.3 is 0 Å². The molecule has 3 heteroatoms. The molecule has 1 rings (SSSR count). The van der Waals surface area contributed by atoms with Gasteiger partial charge in [-0.2, -0.15) is 0 Å². The van der Waals surface area contributed by atoms with Crippen LogP contribution in [0.5, 0.6) is 0 Å². The third-order valence-corrected chi connectivity index (χ3v) is 3.39. The molecule has 1 aromatic carbocycles. The van der Waals surface area contributed by atoms with Gasteiger partial charge in [-0.05, 0) is 57.5 Å². The van der Waals surface area contributed by atoms with E-state index in [0.29, 0.717) is 5.56 Å². The Hall–Kier alpha value is -1.09. The number of nitrogens with zero attached hydrogens (tertiary/aromatic N) is 1. The van der Waals surface area contributed by atoms with E-state index in [1.165, 1.54) is 0 Å². The Balaban J connectivity index is 3.24. The van der Waals surface area contributed by atoms with E-state index in [2.05, 4.69) is 37.9 Å². The van der Waals surface area contributed by atoms with E-state index in [1.54, 1.807) is 6.07 Å². The Morgan fingerprint density at radius 3 is 2.33 bits per heavy atom. The van der Waals surface area contributed by atoms with E-state index in [4.69, 9.17) is 0 Å². The van der Waals surface area contributed by atoms with Crippen LogP contribution in [0.25, 0.3) is 0 Å². The predicted octanol–water partition coefficient (Wildman–Crippen LogP) is 3.65. The monoisotopic (exact) mass is 252 g/mol. The Bertz CT molecular complexity index is 386. The third kappa shape index (κ3) is 3.22. The molecule has 0 aliphatic carbocycles. The van der Waals surface area contributed by atoms with Crippen LogP contribution in [0, 0.1) is 12.7 Å². The van der Waals surface area contributed by atoms with Crippen LogP contribution < -0.4 is 10.2 Å². The van der Waals surface area contributed by atoms with Gasteiger partial charge in [-0.3, -0.25) is 0 Å². The lowest BCUT2D eigenvalue weighted by Gasteiger charge is -2.27. The zero-order chi connectivity index (χ0) is 13.7. The Kier molecular flexibility index (Phi) is 5.60. The lowest BCUT2D eigenvalue weighted by Crippen LogP contribution is -2.26. The molecular weight excluding hydrogens is 227 g/mol. The molecule has 1 aromatic rings. The van der Waals surface area contributed by atoms with Crippen molar-refractivity contribution in [3.05, 3.63) is 29.1 Å². The number of hydrogen-bond donors (Lipinski definition) is 1. The largest absolute Gasteiger partial charge is 0.372 e. The van der Waals surface area contributed by atoms with Gasteiger partial charge in [-0.15, -0.1) is 0 Å². The molecule has 0 aliphatic heterocycles. The van der Waals surface area contributed by atoms with E-state index in [1.807, 2.05) is 13.0 Å². The number of rotatable bonds is 6. The van der Waals surface area contributed by atoms with E-state index in [9.17, 15) is 4.39 Å². The standard InChI is InChI=1S/C15H25FN2/c1-6-17-12(5)13-10-14(16)11(4)9-15(13)18(7-2)8-3/h9-10,12,17H,6-8H2,1-5H3. The molecule has 0 radical (unpaired) electrons.